The average molecular weight is 229 g/mol. The molecule has 0 radical (unpaired) electrons. The molecule has 0 saturated heterocycles. The molecule has 3 rings (SSSR count). The molecule has 88 valence electrons. The van der Waals surface area contributed by atoms with E-state index in [4.69, 9.17) is 0 Å². The van der Waals surface area contributed by atoms with Crippen LogP contribution < -0.4 is 0 Å². The zero-order valence-corrected chi connectivity index (χ0v) is 9.89. The highest BCUT2D eigenvalue weighted by molar-refractivity contribution is 5.98. The van der Waals surface area contributed by atoms with Gasteiger partial charge in [0.2, 0.25) is 0 Å². The van der Waals surface area contributed by atoms with E-state index in [0.29, 0.717) is 6.42 Å². The quantitative estimate of drug-likeness (QED) is 0.787. The second-order valence-electron chi connectivity index (χ2n) is 4.60. The number of hydrogen-bond acceptors (Lipinski definition) is 2. The van der Waals surface area contributed by atoms with E-state index in [0.717, 1.165) is 24.9 Å². The summed E-state index contributed by atoms with van der Waals surface area (Å²) in [6.07, 6.45) is 8.58. The van der Waals surface area contributed by atoms with Crippen molar-refractivity contribution < 1.29 is 4.79 Å². The molecule has 0 aromatic carbocycles. The molecular formula is C13H15N3O. The number of ketones is 1. The largest absolute Gasteiger partial charge is 0.346 e. The van der Waals surface area contributed by atoms with Crippen molar-refractivity contribution in [2.75, 3.05) is 0 Å². The highest BCUT2D eigenvalue weighted by Gasteiger charge is 2.20. The molecule has 0 unspecified atom stereocenters. The number of Topliss-reactive ketones (excluding diaryl/α,β-unsaturated/α-hetero) is 1. The summed E-state index contributed by atoms with van der Waals surface area (Å²) in [6, 6.07) is 1.95. The number of nitrogens with zero attached hydrogens (tertiary/aromatic N) is 3. The standard InChI is InChI=1S/C13H15N3O/c1-15-8-10(7-14-15)9-16-6-5-11-12(16)3-2-4-13(11)17/h5-8H,2-4,9H2,1H3. The van der Waals surface area contributed by atoms with Crippen LogP contribution in [-0.2, 0) is 20.0 Å². The van der Waals surface area contributed by atoms with Gasteiger partial charge in [0.1, 0.15) is 0 Å². The van der Waals surface area contributed by atoms with Crippen LogP contribution in [0.3, 0.4) is 0 Å². The monoisotopic (exact) mass is 229 g/mol. The summed E-state index contributed by atoms with van der Waals surface area (Å²) in [5, 5.41) is 4.16. The van der Waals surface area contributed by atoms with Crippen molar-refractivity contribution in [3.63, 3.8) is 0 Å². The minimum atomic E-state index is 0.288. The third kappa shape index (κ3) is 1.79. The van der Waals surface area contributed by atoms with Crippen LogP contribution in [0.25, 0.3) is 0 Å². The lowest BCUT2D eigenvalue weighted by molar-refractivity contribution is 0.0972. The fraction of sp³-hybridized carbons (Fsp3) is 0.385. The summed E-state index contributed by atoms with van der Waals surface area (Å²) in [5.41, 5.74) is 3.27. The first-order valence-corrected chi connectivity index (χ1v) is 5.93. The molecule has 0 N–H and O–H groups in total. The summed E-state index contributed by atoms with van der Waals surface area (Å²) in [7, 11) is 1.91. The van der Waals surface area contributed by atoms with Crippen molar-refractivity contribution in [3.8, 4) is 0 Å². The zero-order valence-electron chi connectivity index (χ0n) is 9.89. The van der Waals surface area contributed by atoms with Crippen molar-refractivity contribution in [2.45, 2.75) is 25.8 Å². The van der Waals surface area contributed by atoms with Crippen LogP contribution in [0, 0.1) is 0 Å². The van der Waals surface area contributed by atoms with Crippen LogP contribution in [-0.4, -0.2) is 20.1 Å². The Morgan fingerprint density at radius 2 is 2.29 bits per heavy atom. The van der Waals surface area contributed by atoms with Gasteiger partial charge in [-0.3, -0.25) is 9.48 Å². The molecule has 2 aromatic heterocycles. The molecule has 1 aliphatic carbocycles. The molecule has 0 bridgehead atoms. The summed E-state index contributed by atoms with van der Waals surface area (Å²) < 4.78 is 3.97. The van der Waals surface area contributed by atoms with Crippen LogP contribution in [0.4, 0.5) is 0 Å². The molecule has 0 spiro atoms. The maximum atomic E-state index is 11.7. The fourth-order valence-corrected chi connectivity index (χ4v) is 2.49. The van der Waals surface area contributed by atoms with Gasteiger partial charge in [-0.1, -0.05) is 0 Å². The van der Waals surface area contributed by atoms with Gasteiger partial charge in [0.25, 0.3) is 0 Å². The number of carbonyl (C=O) groups is 1. The number of fused-ring (bicyclic) bond motifs is 1. The van der Waals surface area contributed by atoms with E-state index in [1.807, 2.05) is 31.7 Å². The minimum absolute atomic E-state index is 0.288. The van der Waals surface area contributed by atoms with Gasteiger partial charge in [-0.25, -0.2) is 0 Å². The van der Waals surface area contributed by atoms with E-state index in [1.165, 1.54) is 11.3 Å². The highest BCUT2D eigenvalue weighted by atomic mass is 16.1. The van der Waals surface area contributed by atoms with Crippen LogP contribution in [0.2, 0.25) is 0 Å². The molecule has 1 aliphatic rings. The lowest BCUT2D eigenvalue weighted by atomic mass is 9.97. The molecular weight excluding hydrogens is 214 g/mol. The van der Waals surface area contributed by atoms with Gasteiger partial charge in [-0.05, 0) is 18.9 Å². The number of rotatable bonds is 2. The lowest BCUT2D eigenvalue weighted by Gasteiger charge is -2.14. The topological polar surface area (TPSA) is 39.8 Å². The Bertz CT molecular complexity index is 565. The Morgan fingerprint density at radius 1 is 1.41 bits per heavy atom. The molecule has 0 atom stereocenters. The second-order valence-corrected chi connectivity index (χ2v) is 4.60. The van der Waals surface area contributed by atoms with E-state index in [-0.39, 0.29) is 5.78 Å². The van der Waals surface area contributed by atoms with E-state index in [9.17, 15) is 4.79 Å². The molecule has 0 aliphatic heterocycles. The van der Waals surface area contributed by atoms with Crippen LogP contribution in [0.15, 0.2) is 24.7 Å². The highest BCUT2D eigenvalue weighted by Crippen LogP contribution is 2.22. The number of carbonyl (C=O) groups excluding carboxylic acids is 1. The molecule has 0 amide bonds. The first-order valence-electron chi connectivity index (χ1n) is 5.93. The van der Waals surface area contributed by atoms with Gasteiger partial charge in [-0.15, -0.1) is 0 Å². The number of aryl methyl sites for hydroxylation is 1. The summed E-state index contributed by atoms with van der Waals surface area (Å²) in [4.78, 5) is 11.7. The second kappa shape index (κ2) is 3.87. The third-order valence-electron chi connectivity index (χ3n) is 3.31. The van der Waals surface area contributed by atoms with Gasteiger partial charge in [0.05, 0.1) is 12.7 Å². The normalized spacial score (nSPS) is 15.0. The first kappa shape index (κ1) is 10.3. The molecule has 4 nitrogen and oxygen atoms in total. The van der Waals surface area contributed by atoms with Gasteiger partial charge >= 0.3 is 0 Å². The van der Waals surface area contributed by atoms with Crippen LogP contribution in [0.1, 0.15) is 34.5 Å². The molecule has 0 saturated carbocycles. The van der Waals surface area contributed by atoms with Gasteiger partial charge in [-0.2, -0.15) is 5.10 Å². The van der Waals surface area contributed by atoms with E-state index >= 15 is 0 Å². The third-order valence-corrected chi connectivity index (χ3v) is 3.31. The lowest BCUT2D eigenvalue weighted by Crippen LogP contribution is -2.13. The fourth-order valence-electron chi connectivity index (χ4n) is 2.49. The molecule has 17 heavy (non-hydrogen) atoms. The predicted molar refractivity (Wildman–Crippen MR) is 64.0 cm³/mol. The maximum absolute atomic E-state index is 11.7. The summed E-state index contributed by atoms with van der Waals surface area (Å²) >= 11 is 0. The van der Waals surface area contributed by atoms with Gasteiger partial charge in [0, 0.05) is 42.7 Å². The van der Waals surface area contributed by atoms with Crippen molar-refractivity contribution >= 4 is 5.78 Å². The Balaban J connectivity index is 1.91. The summed E-state index contributed by atoms with van der Waals surface area (Å²) in [5.74, 6) is 0.288. The van der Waals surface area contributed by atoms with Crippen molar-refractivity contribution in [1.82, 2.24) is 14.3 Å². The Morgan fingerprint density at radius 3 is 3.06 bits per heavy atom. The van der Waals surface area contributed by atoms with Gasteiger partial charge in [0.15, 0.2) is 5.78 Å². The Kier molecular flexibility index (Phi) is 2.35. The molecule has 0 fully saturated rings. The SMILES string of the molecule is Cn1cc(Cn2ccc3c2CCCC3=O)cn1. The van der Waals surface area contributed by atoms with Crippen LogP contribution in [0.5, 0.6) is 0 Å². The molecule has 2 heterocycles. The van der Waals surface area contributed by atoms with Gasteiger partial charge < -0.3 is 4.57 Å². The van der Waals surface area contributed by atoms with E-state index in [2.05, 4.69) is 9.67 Å². The smallest absolute Gasteiger partial charge is 0.164 e. The molecule has 2 aromatic rings. The Labute approximate surface area is 99.9 Å². The maximum Gasteiger partial charge on any atom is 0.164 e. The zero-order chi connectivity index (χ0) is 11.8. The number of hydrogen-bond donors (Lipinski definition) is 0. The summed E-state index contributed by atoms with van der Waals surface area (Å²) in [6.45, 7) is 0.802. The van der Waals surface area contributed by atoms with Crippen LogP contribution >= 0.6 is 0 Å². The number of aromatic nitrogens is 3. The predicted octanol–water partition coefficient (Wildman–Crippen LogP) is 1.79. The molecule has 4 heteroatoms. The Hall–Kier alpha value is -1.84. The van der Waals surface area contributed by atoms with Crippen molar-refractivity contribution in [2.24, 2.45) is 7.05 Å². The first-order chi connectivity index (χ1) is 8.24. The van der Waals surface area contributed by atoms with E-state index in [1.54, 1.807) is 4.68 Å². The van der Waals surface area contributed by atoms with E-state index < -0.39 is 0 Å². The average Bonchev–Trinajstić information content (AvgIpc) is 2.88. The minimum Gasteiger partial charge on any atom is -0.346 e. The van der Waals surface area contributed by atoms with Crippen molar-refractivity contribution in [1.29, 1.82) is 0 Å². The van der Waals surface area contributed by atoms with Crippen molar-refractivity contribution in [3.05, 3.63) is 41.5 Å².